The molecule has 0 aliphatic carbocycles. The maximum Gasteiger partial charge on any atom is 0.273 e. The summed E-state index contributed by atoms with van der Waals surface area (Å²) in [5, 5.41) is 12.2. The van der Waals surface area contributed by atoms with Gasteiger partial charge in [0.05, 0.1) is 17.0 Å². The molecule has 4 rings (SSSR count). The van der Waals surface area contributed by atoms with Gasteiger partial charge in [-0.05, 0) is 25.1 Å². The van der Waals surface area contributed by atoms with Crippen LogP contribution in [0.5, 0.6) is 5.88 Å². The van der Waals surface area contributed by atoms with Crippen LogP contribution >= 0.6 is 0 Å². The van der Waals surface area contributed by atoms with Crippen LogP contribution < -0.4 is 4.74 Å². The zero-order chi connectivity index (χ0) is 19.7. The summed E-state index contributed by atoms with van der Waals surface area (Å²) in [5.74, 6) is 0.310. The van der Waals surface area contributed by atoms with Crippen LogP contribution in [0.15, 0.2) is 54.6 Å². The number of para-hydroxylation sites is 1. The van der Waals surface area contributed by atoms with Crippen molar-refractivity contribution in [3.63, 3.8) is 0 Å². The number of nitrogens with zero attached hydrogens (tertiary/aromatic N) is 3. The topological polar surface area (TPSA) is 85.6 Å². The van der Waals surface area contributed by atoms with Gasteiger partial charge in [-0.1, -0.05) is 24.3 Å². The number of hydrogen-bond donors (Lipinski definition) is 0. The van der Waals surface area contributed by atoms with Crippen LogP contribution in [-0.4, -0.2) is 39.9 Å². The lowest BCUT2D eigenvalue weighted by Crippen LogP contribution is -2.31. The van der Waals surface area contributed by atoms with E-state index in [2.05, 4.69) is 4.98 Å². The van der Waals surface area contributed by atoms with Crippen molar-refractivity contribution in [2.45, 2.75) is 19.4 Å². The Kier molecular flexibility index (Phi) is 4.65. The minimum absolute atomic E-state index is 0.0433. The molecule has 1 aliphatic heterocycles. The van der Waals surface area contributed by atoms with Crippen molar-refractivity contribution >= 4 is 22.5 Å². The van der Waals surface area contributed by atoms with Gasteiger partial charge in [0.15, 0.2) is 0 Å². The molecule has 7 heteroatoms. The monoisotopic (exact) mass is 377 g/mol. The SMILES string of the molecule is Cc1ccc(C(=O)N2CCC(Oc3ccc4ccccc4n3)C2)cc1[N+](=O)[O-]. The number of carbonyl (C=O) groups is 1. The molecule has 3 aromatic rings. The molecule has 0 N–H and O–H groups in total. The highest BCUT2D eigenvalue weighted by molar-refractivity contribution is 5.95. The van der Waals surface area contributed by atoms with E-state index in [9.17, 15) is 14.9 Å². The Bertz CT molecular complexity index is 1070. The van der Waals surface area contributed by atoms with E-state index in [4.69, 9.17) is 4.74 Å². The molecule has 7 nitrogen and oxygen atoms in total. The van der Waals surface area contributed by atoms with Crippen molar-refractivity contribution in [3.8, 4) is 5.88 Å². The molecule has 1 atom stereocenters. The second-order valence-corrected chi connectivity index (χ2v) is 6.88. The lowest BCUT2D eigenvalue weighted by atomic mass is 10.1. The Labute approximate surface area is 161 Å². The molecular weight excluding hydrogens is 358 g/mol. The standard InChI is InChI=1S/C21H19N3O4/c1-14-6-7-16(12-19(14)24(26)27)21(25)23-11-10-17(13-23)28-20-9-8-15-4-2-3-5-18(15)22-20/h2-9,12,17H,10-11,13H2,1H3. The average Bonchev–Trinajstić information content (AvgIpc) is 3.16. The molecule has 1 aliphatic rings. The zero-order valence-corrected chi connectivity index (χ0v) is 15.4. The normalized spacial score (nSPS) is 16.3. The third-order valence-electron chi connectivity index (χ3n) is 4.95. The number of likely N-dealkylation sites (tertiary alicyclic amines) is 1. The fourth-order valence-corrected chi connectivity index (χ4v) is 3.41. The lowest BCUT2D eigenvalue weighted by molar-refractivity contribution is -0.385. The smallest absolute Gasteiger partial charge is 0.273 e. The van der Waals surface area contributed by atoms with Gasteiger partial charge in [-0.2, -0.15) is 0 Å². The molecule has 142 valence electrons. The van der Waals surface area contributed by atoms with E-state index in [-0.39, 0.29) is 17.7 Å². The third-order valence-corrected chi connectivity index (χ3v) is 4.95. The summed E-state index contributed by atoms with van der Waals surface area (Å²) in [5.41, 5.74) is 1.67. The Balaban J connectivity index is 1.45. The number of benzene rings is 2. The maximum absolute atomic E-state index is 12.7. The highest BCUT2D eigenvalue weighted by Crippen LogP contribution is 2.24. The predicted octanol–water partition coefficient (Wildman–Crippen LogP) is 3.74. The maximum atomic E-state index is 12.7. The summed E-state index contributed by atoms with van der Waals surface area (Å²) in [6.45, 7) is 2.62. The Morgan fingerprint density at radius 2 is 2.04 bits per heavy atom. The van der Waals surface area contributed by atoms with Gasteiger partial charge in [-0.3, -0.25) is 14.9 Å². The van der Waals surface area contributed by atoms with E-state index < -0.39 is 4.92 Å². The van der Waals surface area contributed by atoms with E-state index in [1.165, 1.54) is 6.07 Å². The quantitative estimate of drug-likeness (QED) is 0.511. The Morgan fingerprint density at radius 1 is 1.21 bits per heavy atom. The number of rotatable bonds is 4. The van der Waals surface area contributed by atoms with Gasteiger partial charge in [-0.25, -0.2) is 4.98 Å². The summed E-state index contributed by atoms with van der Waals surface area (Å²) in [4.78, 5) is 29.6. The van der Waals surface area contributed by atoms with Crippen LogP contribution in [0.2, 0.25) is 0 Å². The van der Waals surface area contributed by atoms with E-state index in [1.54, 1.807) is 24.0 Å². The van der Waals surface area contributed by atoms with Gasteiger partial charge in [0.25, 0.3) is 11.6 Å². The van der Waals surface area contributed by atoms with Crippen LogP contribution in [0.1, 0.15) is 22.3 Å². The first kappa shape index (κ1) is 17.9. The number of aryl methyl sites for hydroxylation is 1. The number of amides is 1. The van der Waals surface area contributed by atoms with Crippen LogP contribution in [0.25, 0.3) is 10.9 Å². The molecule has 0 bridgehead atoms. The molecule has 1 aromatic heterocycles. The van der Waals surface area contributed by atoms with Gasteiger partial charge in [0.2, 0.25) is 5.88 Å². The van der Waals surface area contributed by atoms with Crippen molar-refractivity contribution in [1.29, 1.82) is 0 Å². The summed E-state index contributed by atoms with van der Waals surface area (Å²) < 4.78 is 5.97. The molecule has 28 heavy (non-hydrogen) atoms. The minimum atomic E-state index is -0.465. The summed E-state index contributed by atoms with van der Waals surface area (Å²) >= 11 is 0. The number of aromatic nitrogens is 1. The van der Waals surface area contributed by atoms with Gasteiger partial charge in [-0.15, -0.1) is 0 Å². The number of hydrogen-bond acceptors (Lipinski definition) is 5. The zero-order valence-electron chi connectivity index (χ0n) is 15.4. The summed E-state index contributed by atoms with van der Waals surface area (Å²) in [6.07, 6.45) is 0.534. The minimum Gasteiger partial charge on any atom is -0.472 e. The van der Waals surface area contributed by atoms with Crippen molar-refractivity contribution in [2.24, 2.45) is 0 Å². The highest BCUT2D eigenvalue weighted by Gasteiger charge is 2.29. The molecule has 0 spiro atoms. The van der Waals surface area contributed by atoms with E-state index in [1.807, 2.05) is 36.4 Å². The first-order chi connectivity index (χ1) is 13.5. The first-order valence-corrected chi connectivity index (χ1v) is 9.08. The molecule has 0 radical (unpaired) electrons. The summed E-state index contributed by atoms with van der Waals surface area (Å²) in [7, 11) is 0. The molecule has 2 heterocycles. The number of nitro benzene ring substituents is 1. The molecule has 1 saturated heterocycles. The highest BCUT2D eigenvalue weighted by atomic mass is 16.6. The molecule has 2 aromatic carbocycles. The number of carbonyl (C=O) groups excluding carboxylic acids is 1. The fourth-order valence-electron chi connectivity index (χ4n) is 3.41. The van der Waals surface area contributed by atoms with E-state index in [0.717, 1.165) is 10.9 Å². The van der Waals surface area contributed by atoms with Crippen LogP contribution in [0.3, 0.4) is 0 Å². The molecule has 0 saturated carbocycles. The third kappa shape index (κ3) is 3.51. The second-order valence-electron chi connectivity index (χ2n) is 6.88. The van der Waals surface area contributed by atoms with Crippen molar-refractivity contribution in [2.75, 3.05) is 13.1 Å². The Hall–Kier alpha value is -3.48. The predicted molar refractivity (Wildman–Crippen MR) is 105 cm³/mol. The van der Waals surface area contributed by atoms with Crippen molar-refractivity contribution < 1.29 is 14.5 Å². The molecule has 1 fully saturated rings. The second kappa shape index (κ2) is 7.26. The van der Waals surface area contributed by atoms with Gasteiger partial charge in [0, 0.05) is 41.6 Å². The van der Waals surface area contributed by atoms with Crippen molar-refractivity contribution in [1.82, 2.24) is 9.88 Å². The molecular formula is C21H19N3O4. The molecule has 1 unspecified atom stereocenters. The van der Waals surface area contributed by atoms with E-state index in [0.29, 0.717) is 36.5 Å². The number of nitro groups is 1. The number of pyridine rings is 1. The van der Waals surface area contributed by atoms with Crippen molar-refractivity contribution in [3.05, 3.63) is 75.8 Å². The number of ether oxygens (including phenoxy) is 1. The molecule has 1 amide bonds. The van der Waals surface area contributed by atoms with Gasteiger partial charge < -0.3 is 9.64 Å². The lowest BCUT2D eigenvalue weighted by Gasteiger charge is -2.17. The van der Waals surface area contributed by atoms with Crippen LogP contribution in [-0.2, 0) is 0 Å². The van der Waals surface area contributed by atoms with Crippen LogP contribution in [0, 0.1) is 17.0 Å². The Morgan fingerprint density at radius 3 is 2.86 bits per heavy atom. The fraction of sp³-hybridized carbons (Fsp3) is 0.238. The first-order valence-electron chi connectivity index (χ1n) is 9.08. The number of fused-ring (bicyclic) bond motifs is 1. The van der Waals surface area contributed by atoms with Gasteiger partial charge >= 0.3 is 0 Å². The largest absolute Gasteiger partial charge is 0.472 e. The van der Waals surface area contributed by atoms with Crippen LogP contribution in [0.4, 0.5) is 5.69 Å². The van der Waals surface area contributed by atoms with Gasteiger partial charge in [0.1, 0.15) is 6.10 Å². The summed E-state index contributed by atoms with van der Waals surface area (Å²) in [6, 6.07) is 16.2. The average molecular weight is 377 g/mol. The van der Waals surface area contributed by atoms with E-state index >= 15 is 0 Å².